The van der Waals surface area contributed by atoms with Gasteiger partial charge < -0.3 is 5.73 Å². The highest BCUT2D eigenvalue weighted by molar-refractivity contribution is 7.89. The van der Waals surface area contributed by atoms with Crippen LogP contribution in [0.3, 0.4) is 0 Å². The molecule has 0 saturated carbocycles. The Balaban J connectivity index is 2.46. The number of benzene rings is 1. The summed E-state index contributed by atoms with van der Waals surface area (Å²) in [7, 11) is -4.05. The molecule has 21 heavy (non-hydrogen) atoms. The van der Waals surface area contributed by atoms with Gasteiger partial charge in [0.2, 0.25) is 10.0 Å². The van der Waals surface area contributed by atoms with E-state index in [1.807, 2.05) is 13.8 Å². The van der Waals surface area contributed by atoms with E-state index in [0.29, 0.717) is 13.1 Å². The first-order valence-electron chi connectivity index (χ1n) is 6.93. The van der Waals surface area contributed by atoms with Crippen molar-refractivity contribution in [1.29, 1.82) is 0 Å². The van der Waals surface area contributed by atoms with Crippen molar-refractivity contribution >= 4 is 10.0 Å². The Morgan fingerprint density at radius 2 is 1.81 bits per heavy atom. The number of hydrogen-bond acceptors (Lipinski definition) is 3. The van der Waals surface area contributed by atoms with Gasteiger partial charge in [0.05, 0.1) is 0 Å². The average Bonchev–Trinajstić information content (AvgIpc) is 2.40. The first kappa shape index (κ1) is 16.3. The Morgan fingerprint density at radius 1 is 1.24 bits per heavy atom. The maximum absolute atomic E-state index is 13.9. The van der Waals surface area contributed by atoms with Crippen molar-refractivity contribution in [2.75, 3.05) is 13.1 Å². The highest BCUT2D eigenvalue weighted by Gasteiger charge is 2.34. The summed E-state index contributed by atoms with van der Waals surface area (Å²) in [6, 6.07) is 2.05. The minimum Gasteiger partial charge on any atom is -0.326 e. The van der Waals surface area contributed by atoms with Gasteiger partial charge in [-0.15, -0.1) is 0 Å². The predicted molar refractivity (Wildman–Crippen MR) is 76.0 cm³/mol. The maximum Gasteiger partial charge on any atom is 0.246 e. The summed E-state index contributed by atoms with van der Waals surface area (Å²) in [5.74, 6) is -2.14. The van der Waals surface area contributed by atoms with Crippen LogP contribution in [-0.2, 0) is 16.6 Å². The third-order valence-electron chi connectivity index (χ3n) is 3.74. The molecule has 1 aliphatic heterocycles. The van der Waals surface area contributed by atoms with Gasteiger partial charge in [0.25, 0.3) is 0 Å². The number of hydrogen-bond donors (Lipinski definition) is 1. The van der Waals surface area contributed by atoms with E-state index in [0.717, 1.165) is 18.6 Å². The molecular formula is C14H20F2N2O2S. The van der Waals surface area contributed by atoms with Crippen LogP contribution in [0.2, 0.25) is 0 Å². The van der Waals surface area contributed by atoms with Crippen molar-refractivity contribution in [3.8, 4) is 0 Å². The van der Waals surface area contributed by atoms with E-state index in [4.69, 9.17) is 5.73 Å². The summed E-state index contributed by atoms with van der Waals surface area (Å²) < 4.78 is 53.9. The molecule has 2 N–H and O–H groups in total. The fourth-order valence-electron chi connectivity index (χ4n) is 2.86. The molecule has 0 spiro atoms. The smallest absolute Gasteiger partial charge is 0.246 e. The van der Waals surface area contributed by atoms with Crippen LogP contribution in [0.5, 0.6) is 0 Å². The molecular weight excluding hydrogens is 298 g/mol. The molecule has 1 aliphatic rings. The van der Waals surface area contributed by atoms with Gasteiger partial charge in [0.1, 0.15) is 4.90 Å². The summed E-state index contributed by atoms with van der Waals surface area (Å²) in [6.45, 7) is 4.49. The van der Waals surface area contributed by atoms with Gasteiger partial charge in [-0.1, -0.05) is 13.8 Å². The molecule has 0 radical (unpaired) electrons. The van der Waals surface area contributed by atoms with Gasteiger partial charge in [-0.3, -0.25) is 0 Å². The molecule has 2 unspecified atom stereocenters. The first-order valence-corrected chi connectivity index (χ1v) is 8.37. The Kier molecular flexibility index (Phi) is 4.65. The van der Waals surface area contributed by atoms with E-state index in [1.165, 1.54) is 4.31 Å². The highest BCUT2D eigenvalue weighted by atomic mass is 32.2. The first-order chi connectivity index (χ1) is 9.75. The summed E-state index contributed by atoms with van der Waals surface area (Å²) in [5.41, 5.74) is 5.66. The maximum atomic E-state index is 13.9. The van der Waals surface area contributed by atoms with E-state index in [-0.39, 0.29) is 23.9 Å². The molecule has 1 aromatic rings. The third-order valence-corrected chi connectivity index (χ3v) is 5.57. The standard InChI is InChI=1S/C14H20F2N2O2S/c1-9-3-10(2)8-18(7-9)21(19,20)13-5-11(6-17)4-12(15)14(13)16/h4-5,9-10H,3,6-8,17H2,1-2H3. The molecule has 7 heteroatoms. The van der Waals surface area contributed by atoms with Crippen LogP contribution in [0, 0.1) is 23.5 Å². The van der Waals surface area contributed by atoms with Crippen molar-refractivity contribution in [3.63, 3.8) is 0 Å². The lowest BCUT2D eigenvalue weighted by Crippen LogP contribution is -2.42. The number of halogens is 2. The molecule has 1 saturated heterocycles. The molecule has 2 atom stereocenters. The van der Waals surface area contributed by atoms with Crippen LogP contribution in [0.1, 0.15) is 25.8 Å². The van der Waals surface area contributed by atoms with E-state index in [9.17, 15) is 17.2 Å². The van der Waals surface area contributed by atoms with Crippen LogP contribution >= 0.6 is 0 Å². The fraction of sp³-hybridized carbons (Fsp3) is 0.571. The van der Waals surface area contributed by atoms with Gasteiger partial charge >= 0.3 is 0 Å². The molecule has 2 rings (SSSR count). The van der Waals surface area contributed by atoms with Crippen molar-refractivity contribution in [2.45, 2.75) is 31.7 Å². The minimum absolute atomic E-state index is 0.0491. The third kappa shape index (κ3) is 3.25. The normalized spacial score (nSPS) is 24.2. The van der Waals surface area contributed by atoms with Gasteiger partial charge in [-0.2, -0.15) is 4.31 Å². The Hall–Kier alpha value is -1.05. The quantitative estimate of drug-likeness (QED) is 0.928. The van der Waals surface area contributed by atoms with Crippen LogP contribution in [0.4, 0.5) is 8.78 Å². The average molecular weight is 318 g/mol. The van der Waals surface area contributed by atoms with Crippen molar-refractivity contribution in [1.82, 2.24) is 4.31 Å². The summed E-state index contributed by atoms with van der Waals surface area (Å²) >= 11 is 0. The van der Waals surface area contributed by atoms with Gasteiger partial charge in [-0.05, 0) is 36.0 Å². The summed E-state index contributed by atoms with van der Waals surface area (Å²) in [6.07, 6.45) is 0.922. The van der Waals surface area contributed by atoms with E-state index in [1.54, 1.807) is 0 Å². The molecule has 0 bridgehead atoms. The highest BCUT2D eigenvalue weighted by Crippen LogP contribution is 2.29. The van der Waals surface area contributed by atoms with Crippen molar-refractivity contribution in [2.24, 2.45) is 17.6 Å². The van der Waals surface area contributed by atoms with E-state index in [2.05, 4.69) is 0 Å². The van der Waals surface area contributed by atoms with E-state index >= 15 is 0 Å². The lowest BCUT2D eigenvalue weighted by molar-refractivity contribution is 0.222. The molecule has 4 nitrogen and oxygen atoms in total. The van der Waals surface area contributed by atoms with Crippen LogP contribution in [0.15, 0.2) is 17.0 Å². The SMILES string of the molecule is CC1CC(C)CN(S(=O)(=O)c2cc(CN)cc(F)c2F)C1. The molecule has 0 amide bonds. The lowest BCUT2D eigenvalue weighted by atomic mass is 9.94. The van der Waals surface area contributed by atoms with E-state index < -0.39 is 26.6 Å². The molecule has 0 aromatic heterocycles. The molecule has 1 heterocycles. The number of rotatable bonds is 3. The van der Waals surface area contributed by atoms with Gasteiger partial charge in [0.15, 0.2) is 11.6 Å². The zero-order valence-corrected chi connectivity index (χ0v) is 13.0. The second kappa shape index (κ2) is 5.98. The minimum atomic E-state index is -4.05. The zero-order chi connectivity index (χ0) is 15.8. The molecule has 118 valence electrons. The fourth-order valence-corrected chi connectivity index (χ4v) is 4.67. The second-order valence-corrected chi connectivity index (χ2v) is 7.77. The zero-order valence-electron chi connectivity index (χ0n) is 12.1. The number of nitrogens with two attached hydrogens (primary N) is 1. The van der Waals surface area contributed by atoms with Gasteiger partial charge in [-0.25, -0.2) is 17.2 Å². The Morgan fingerprint density at radius 3 is 2.33 bits per heavy atom. The predicted octanol–water partition coefficient (Wildman–Crippen LogP) is 2.09. The monoisotopic (exact) mass is 318 g/mol. The Labute approximate surface area is 124 Å². The van der Waals surface area contributed by atoms with Gasteiger partial charge in [0, 0.05) is 19.6 Å². The van der Waals surface area contributed by atoms with Crippen LogP contribution in [0.25, 0.3) is 0 Å². The number of sulfonamides is 1. The molecule has 1 aromatic carbocycles. The molecule has 0 aliphatic carbocycles. The molecule has 1 fully saturated rings. The van der Waals surface area contributed by atoms with Crippen molar-refractivity contribution < 1.29 is 17.2 Å². The largest absolute Gasteiger partial charge is 0.326 e. The summed E-state index contributed by atoms with van der Waals surface area (Å²) in [4.78, 5) is -0.621. The van der Waals surface area contributed by atoms with Crippen molar-refractivity contribution in [3.05, 3.63) is 29.3 Å². The lowest BCUT2D eigenvalue weighted by Gasteiger charge is -2.34. The number of piperidine rings is 1. The number of nitrogens with zero attached hydrogens (tertiary/aromatic N) is 1. The second-order valence-electron chi connectivity index (χ2n) is 5.86. The Bertz CT molecular complexity index is 624. The van der Waals surface area contributed by atoms with Crippen LogP contribution < -0.4 is 5.73 Å². The topological polar surface area (TPSA) is 63.4 Å². The summed E-state index contributed by atoms with van der Waals surface area (Å²) in [5, 5.41) is 0. The van der Waals surface area contributed by atoms with Crippen LogP contribution in [-0.4, -0.2) is 25.8 Å².